The highest BCUT2D eigenvalue weighted by molar-refractivity contribution is 5.52. The molecule has 3 nitrogen and oxygen atoms in total. The van der Waals surface area contributed by atoms with Crippen LogP contribution in [-0.4, -0.2) is 11.3 Å². The molecular formula is C7H3F7N2O. The van der Waals surface area contributed by atoms with Crippen LogP contribution in [0.15, 0.2) is 6.07 Å². The second-order valence-electron chi connectivity index (χ2n) is 2.76. The molecule has 0 bridgehead atoms. The van der Waals surface area contributed by atoms with Crippen molar-refractivity contribution in [2.24, 2.45) is 0 Å². The van der Waals surface area contributed by atoms with Gasteiger partial charge in [-0.3, -0.25) is 0 Å². The summed E-state index contributed by atoms with van der Waals surface area (Å²) in [5.41, 5.74) is 1.56. The van der Waals surface area contributed by atoms with Gasteiger partial charge in [-0.25, -0.2) is 0 Å². The molecule has 0 aliphatic carbocycles. The van der Waals surface area contributed by atoms with Crippen LogP contribution in [0.5, 0.6) is 5.88 Å². The maximum atomic E-state index is 12.6. The number of pyridine rings is 1. The number of rotatable bonds is 1. The van der Waals surface area contributed by atoms with Gasteiger partial charge in [-0.05, 0) is 0 Å². The van der Waals surface area contributed by atoms with Crippen molar-refractivity contribution in [1.82, 2.24) is 4.98 Å². The molecule has 0 aromatic carbocycles. The first-order valence-corrected chi connectivity index (χ1v) is 3.79. The minimum absolute atomic E-state index is 0.145. The van der Waals surface area contributed by atoms with Crippen molar-refractivity contribution >= 4 is 5.69 Å². The number of aromatic nitrogens is 1. The van der Waals surface area contributed by atoms with Gasteiger partial charge in [0.15, 0.2) is 0 Å². The summed E-state index contributed by atoms with van der Waals surface area (Å²) in [6.07, 6.45) is -10.7. The van der Waals surface area contributed by atoms with Gasteiger partial charge in [-0.1, -0.05) is 0 Å². The third-order valence-corrected chi connectivity index (χ3v) is 1.48. The topological polar surface area (TPSA) is 48.1 Å². The molecule has 2 N–H and O–H groups in total. The smallest absolute Gasteiger partial charge is 0.398 e. The average molecular weight is 264 g/mol. The summed E-state index contributed by atoms with van der Waals surface area (Å²) in [5, 5.41) is 0. The van der Waals surface area contributed by atoms with E-state index in [-0.39, 0.29) is 6.07 Å². The Hall–Kier alpha value is -1.74. The number of nitrogens with two attached hydrogens (primary N) is 1. The molecule has 1 heterocycles. The molecule has 17 heavy (non-hydrogen) atoms. The number of hydrogen-bond acceptors (Lipinski definition) is 3. The molecule has 0 radical (unpaired) electrons. The van der Waals surface area contributed by atoms with E-state index in [2.05, 4.69) is 9.72 Å². The Morgan fingerprint density at radius 2 is 1.65 bits per heavy atom. The molecule has 0 spiro atoms. The molecule has 1 aromatic rings. The molecule has 0 saturated heterocycles. The summed E-state index contributed by atoms with van der Waals surface area (Å²) < 4.78 is 87.9. The fourth-order valence-electron chi connectivity index (χ4n) is 0.978. The zero-order valence-corrected chi connectivity index (χ0v) is 7.66. The van der Waals surface area contributed by atoms with E-state index >= 15 is 0 Å². The molecule has 0 amide bonds. The van der Waals surface area contributed by atoms with Crippen molar-refractivity contribution in [3.63, 3.8) is 0 Å². The first kappa shape index (κ1) is 13.3. The van der Waals surface area contributed by atoms with Gasteiger partial charge >= 0.3 is 12.5 Å². The van der Waals surface area contributed by atoms with Crippen molar-refractivity contribution in [2.75, 3.05) is 5.73 Å². The summed E-state index contributed by atoms with van der Waals surface area (Å²) in [4.78, 5) is 2.38. The lowest BCUT2D eigenvalue weighted by Crippen LogP contribution is -2.22. The molecular weight excluding hydrogens is 261 g/mol. The molecule has 0 aliphatic heterocycles. The summed E-state index contributed by atoms with van der Waals surface area (Å²) in [6, 6.07) is 0.145. The lowest BCUT2D eigenvalue weighted by molar-refractivity contribution is -0.278. The van der Waals surface area contributed by atoms with Gasteiger partial charge in [0.05, 0.1) is 5.69 Å². The summed E-state index contributed by atoms with van der Waals surface area (Å²) in [6.45, 7) is 0. The molecule has 0 aliphatic rings. The van der Waals surface area contributed by atoms with Crippen molar-refractivity contribution in [1.29, 1.82) is 0 Å². The standard InChI is InChI=1S/C7H3F7N2O/c8-3-1-2(15)4(6(9,10)11)5(16-3)17-7(12,13)14/h1H,(H2,15,16). The van der Waals surface area contributed by atoms with Gasteiger partial charge in [-0.2, -0.15) is 22.5 Å². The first-order chi connectivity index (χ1) is 7.50. The molecule has 10 heteroatoms. The highest BCUT2D eigenvalue weighted by Crippen LogP contribution is 2.40. The lowest BCUT2D eigenvalue weighted by atomic mass is 10.2. The highest BCUT2D eigenvalue weighted by Gasteiger charge is 2.42. The van der Waals surface area contributed by atoms with Gasteiger partial charge in [-0.15, -0.1) is 13.2 Å². The maximum Gasteiger partial charge on any atom is 0.574 e. The zero-order valence-electron chi connectivity index (χ0n) is 7.66. The normalized spacial score (nSPS) is 12.6. The van der Waals surface area contributed by atoms with Crippen molar-refractivity contribution < 1.29 is 35.5 Å². The average Bonchev–Trinajstić information content (AvgIpc) is 1.94. The first-order valence-electron chi connectivity index (χ1n) is 3.79. The quantitative estimate of drug-likeness (QED) is 0.626. The highest BCUT2D eigenvalue weighted by atomic mass is 19.4. The van der Waals surface area contributed by atoms with E-state index in [0.717, 1.165) is 0 Å². The Morgan fingerprint density at radius 1 is 1.12 bits per heavy atom. The Kier molecular flexibility index (Phi) is 3.08. The predicted molar refractivity (Wildman–Crippen MR) is 40.3 cm³/mol. The Morgan fingerprint density at radius 3 is 2.06 bits per heavy atom. The number of alkyl halides is 6. The number of halogens is 7. The molecule has 0 saturated carbocycles. The molecule has 0 unspecified atom stereocenters. The molecule has 0 atom stereocenters. The summed E-state index contributed by atoms with van der Waals surface area (Å²) >= 11 is 0. The maximum absolute atomic E-state index is 12.6. The zero-order chi connectivity index (χ0) is 13.4. The minimum atomic E-state index is -5.44. The number of nitrogen functional groups attached to an aromatic ring is 1. The number of ether oxygens (including phenoxy) is 1. The van der Waals surface area contributed by atoms with Gasteiger partial charge < -0.3 is 10.5 Å². The van der Waals surface area contributed by atoms with E-state index in [1.165, 1.54) is 0 Å². The third-order valence-electron chi connectivity index (χ3n) is 1.48. The van der Waals surface area contributed by atoms with E-state index in [1.54, 1.807) is 0 Å². The van der Waals surface area contributed by atoms with Gasteiger partial charge in [0.1, 0.15) is 5.56 Å². The Bertz CT molecular complexity index is 425. The SMILES string of the molecule is Nc1cc(F)nc(OC(F)(F)F)c1C(F)(F)F. The molecule has 96 valence electrons. The van der Waals surface area contributed by atoms with E-state index in [9.17, 15) is 30.7 Å². The van der Waals surface area contributed by atoms with Crippen LogP contribution in [0.3, 0.4) is 0 Å². The predicted octanol–water partition coefficient (Wildman–Crippen LogP) is 2.72. The van der Waals surface area contributed by atoms with E-state index < -0.39 is 35.6 Å². The molecule has 1 rings (SSSR count). The molecule has 0 fully saturated rings. The molecule has 1 aromatic heterocycles. The third kappa shape index (κ3) is 3.36. The van der Waals surface area contributed by atoms with Crippen LogP contribution in [0, 0.1) is 5.95 Å². The van der Waals surface area contributed by atoms with Crippen LogP contribution in [0.25, 0.3) is 0 Å². The second kappa shape index (κ2) is 3.93. The van der Waals surface area contributed by atoms with Gasteiger partial charge in [0, 0.05) is 6.07 Å². The van der Waals surface area contributed by atoms with Crippen LogP contribution in [0.2, 0.25) is 0 Å². The van der Waals surface area contributed by atoms with E-state index in [4.69, 9.17) is 5.73 Å². The van der Waals surface area contributed by atoms with Crippen molar-refractivity contribution in [2.45, 2.75) is 12.5 Å². The fourth-order valence-corrected chi connectivity index (χ4v) is 0.978. The Labute approximate surface area is 89.0 Å². The fraction of sp³-hybridized carbons (Fsp3) is 0.286. The summed E-state index contributed by atoms with van der Waals surface area (Å²) in [5.74, 6) is -3.59. The van der Waals surface area contributed by atoms with E-state index in [1.807, 2.05) is 0 Å². The Balaban J connectivity index is 3.36. The van der Waals surface area contributed by atoms with Gasteiger partial charge in [0.2, 0.25) is 11.8 Å². The summed E-state index contributed by atoms with van der Waals surface area (Å²) in [7, 11) is 0. The monoisotopic (exact) mass is 264 g/mol. The number of hydrogen-bond donors (Lipinski definition) is 1. The number of nitrogens with zero attached hydrogens (tertiary/aromatic N) is 1. The lowest BCUT2D eigenvalue weighted by Gasteiger charge is -2.15. The van der Waals surface area contributed by atoms with Crippen LogP contribution < -0.4 is 10.5 Å². The van der Waals surface area contributed by atoms with Crippen molar-refractivity contribution in [3.8, 4) is 5.88 Å². The largest absolute Gasteiger partial charge is 0.574 e. The number of anilines is 1. The van der Waals surface area contributed by atoms with Gasteiger partial charge in [0.25, 0.3) is 0 Å². The van der Waals surface area contributed by atoms with Crippen molar-refractivity contribution in [3.05, 3.63) is 17.6 Å². The van der Waals surface area contributed by atoms with Crippen LogP contribution in [-0.2, 0) is 6.18 Å². The van der Waals surface area contributed by atoms with E-state index in [0.29, 0.717) is 0 Å². The minimum Gasteiger partial charge on any atom is -0.398 e. The van der Waals surface area contributed by atoms with Crippen LogP contribution in [0.4, 0.5) is 36.4 Å². The van der Waals surface area contributed by atoms with Crippen LogP contribution >= 0.6 is 0 Å². The van der Waals surface area contributed by atoms with Crippen LogP contribution in [0.1, 0.15) is 5.56 Å². The second-order valence-corrected chi connectivity index (χ2v) is 2.76.